The fourth-order valence-corrected chi connectivity index (χ4v) is 2.80. The van der Waals surface area contributed by atoms with Gasteiger partial charge >= 0.3 is 0 Å². The molecule has 2 rings (SSSR count). The van der Waals surface area contributed by atoms with Gasteiger partial charge in [0.15, 0.2) is 5.78 Å². The first kappa shape index (κ1) is 16.1. The summed E-state index contributed by atoms with van der Waals surface area (Å²) >= 11 is 0. The van der Waals surface area contributed by atoms with E-state index in [0.717, 1.165) is 9.87 Å². The number of allylic oxidation sites excluding steroid dienone is 1. The largest absolute Gasteiger partial charge is 0.289 e. The van der Waals surface area contributed by atoms with E-state index in [-0.39, 0.29) is 10.7 Å². The third-order valence-electron chi connectivity index (χ3n) is 3.12. The maximum Gasteiger partial charge on any atom is 0.242 e. The molecule has 0 radical (unpaired) electrons. The van der Waals surface area contributed by atoms with Crippen LogP contribution in [-0.4, -0.2) is 32.6 Å². The average Bonchev–Trinajstić information content (AvgIpc) is 2.53. The number of nitrogens with zero attached hydrogens (tertiary/aromatic N) is 1. The highest BCUT2D eigenvalue weighted by molar-refractivity contribution is 7.89. The lowest BCUT2D eigenvalue weighted by molar-refractivity contribution is 0.104. The Bertz CT molecular complexity index is 794. The smallest absolute Gasteiger partial charge is 0.242 e. The lowest BCUT2D eigenvalue weighted by atomic mass is 10.1. The van der Waals surface area contributed by atoms with Crippen LogP contribution in [0.1, 0.15) is 15.9 Å². The molecule has 4 nitrogen and oxygen atoms in total. The van der Waals surface area contributed by atoms with E-state index in [1.54, 1.807) is 18.2 Å². The van der Waals surface area contributed by atoms with Crippen LogP contribution in [0.2, 0.25) is 0 Å². The van der Waals surface area contributed by atoms with Crippen LogP contribution >= 0.6 is 0 Å². The van der Waals surface area contributed by atoms with Gasteiger partial charge in [0.2, 0.25) is 10.0 Å². The Morgan fingerprint density at radius 1 is 1.00 bits per heavy atom. The van der Waals surface area contributed by atoms with Crippen LogP contribution < -0.4 is 0 Å². The van der Waals surface area contributed by atoms with Crippen LogP contribution in [0.5, 0.6) is 0 Å². The van der Waals surface area contributed by atoms with Crippen LogP contribution in [0.15, 0.2) is 65.6 Å². The molecule has 0 unspecified atom stereocenters. The first-order valence-corrected chi connectivity index (χ1v) is 8.15. The Morgan fingerprint density at radius 2 is 1.68 bits per heavy atom. The highest BCUT2D eigenvalue weighted by Crippen LogP contribution is 2.16. The first-order valence-electron chi connectivity index (χ1n) is 6.71. The summed E-state index contributed by atoms with van der Waals surface area (Å²) in [5.74, 6) is -0.236. The van der Waals surface area contributed by atoms with E-state index in [4.69, 9.17) is 0 Å². The van der Waals surface area contributed by atoms with E-state index in [2.05, 4.69) is 0 Å². The molecule has 0 saturated heterocycles. The number of carbonyl (C=O) groups excluding carboxylic acids is 1. The van der Waals surface area contributed by atoms with Crippen molar-refractivity contribution in [2.45, 2.75) is 4.90 Å². The summed E-state index contributed by atoms with van der Waals surface area (Å²) in [6, 6.07) is 15.5. The Hall–Kier alpha value is -2.24. The van der Waals surface area contributed by atoms with Gasteiger partial charge in [-0.2, -0.15) is 0 Å². The van der Waals surface area contributed by atoms with Crippen molar-refractivity contribution in [3.63, 3.8) is 0 Å². The molecular weight excluding hydrogens is 298 g/mol. The minimum Gasteiger partial charge on any atom is -0.289 e. The number of benzene rings is 2. The molecule has 114 valence electrons. The van der Waals surface area contributed by atoms with Crippen LogP contribution in [-0.2, 0) is 10.0 Å². The maximum atomic E-state index is 12.2. The molecule has 0 aliphatic carbocycles. The normalized spacial score (nSPS) is 12.0. The SMILES string of the molecule is CN(C)S(=O)(=O)c1cccc(C(=O)/C=C/c2ccccc2)c1. The number of hydrogen-bond donors (Lipinski definition) is 0. The molecule has 2 aromatic rings. The van der Waals surface area contributed by atoms with Gasteiger partial charge in [-0.1, -0.05) is 48.5 Å². The van der Waals surface area contributed by atoms with Crippen molar-refractivity contribution >= 4 is 21.9 Å². The standard InChI is InChI=1S/C17H17NO3S/c1-18(2)22(20,21)16-10-6-9-15(13-16)17(19)12-11-14-7-4-3-5-8-14/h3-13H,1-2H3/b12-11+. The van der Waals surface area contributed by atoms with Gasteiger partial charge in [-0.3, -0.25) is 4.79 Å². The quantitative estimate of drug-likeness (QED) is 0.630. The highest BCUT2D eigenvalue weighted by Gasteiger charge is 2.18. The molecule has 0 aliphatic rings. The summed E-state index contributed by atoms with van der Waals surface area (Å²) in [7, 11) is -0.628. The average molecular weight is 315 g/mol. The predicted octanol–water partition coefficient (Wildman–Crippen LogP) is 2.83. The molecule has 0 saturated carbocycles. The second-order valence-electron chi connectivity index (χ2n) is 4.92. The van der Waals surface area contributed by atoms with Crippen molar-refractivity contribution in [1.82, 2.24) is 4.31 Å². The second-order valence-corrected chi connectivity index (χ2v) is 7.08. The van der Waals surface area contributed by atoms with E-state index in [1.165, 1.54) is 32.3 Å². The Kier molecular flexibility index (Phi) is 4.90. The molecule has 0 aromatic heterocycles. The molecule has 0 aliphatic heterocycles. The number of rotatable bonds is 5. The Labute approximate surface area is 130 Å². The zero-order valence-electron chi connectivity index (χ0n) is 12.4. The van der Waals surface area contributed by atoms with Crippen LogP contribution in [0.4, 0.5) is 0 Å². The van der Waals surface area contributed by atoms with Gasteiger partial charge in [0.25, 0.3) is 0 Å². The van der Waals surface area contributed by atoms with Crippen LogP contribution in [0, 0.1) is 0 Å². The predicted molar refractivity (Wildman–Crippen MR) is 87.1 cm³/mol. The molecule has 2 aromatic carbocycles. The summed E-state index contributed by atoms with van der Waals surface area (Å²) < 4.78 is 25.3. The molecule has 0 amide bonds. The molecule has 0 bridgehead atoms. The van der Waals surface area contributed by atoms with Crippen molar-refractivity contribution in [2.75, 3.05) is 14.1 Å². The topological polar surface area (TPSA) is 54.5 Å². The molecule has 0 spiro atoms. The van der Waals surface area contributed by atoms with Gasteiger partial charge in [0.1, 0.15) is 0 Å². The van der Waals surface area contributed by atoms with E-state index in [9.17, 15) is 13.2 Å². The second kappa shape index (κ2) is 6.68. The Balaban J connectivity index is 2.27. The molecular formula is C17H17NO3S. The van der Waals surface area contributed by atoms with E-state index in [0.29, 0.717) is 5.56 Å². The van der Waals surface area contributed by atoms with Gasteiger partial charge in [-0.25, -0.2) is 12.7 Å². The molecule has 22 heavy (non-hydrogen) atoms. The van der Waals surface area contributed by atoms with Gasteiger partial charge in [0, 0.05) is 19.7 Å². The van der Waals surface area contributed by atoms with Gasteiger partial charge < -0.3 is 0 Å². The maximum absolute atomic E-state index is 12.2. The molecule has 5 heteroatoms. The zero-order valence-corrected chi connectivity index (χ0v) is 13.2. The molecule has 0 N–H and O–H groups in total. The van der Waals surface area contributed by atoms with E-state index in [1.807, 2.05) is 30.3 Å². The molecule has 0 fully saturated rings. The highest BCUT2D eigenvalue weighted by atomic mass is 32.2. The summed E-state index contributed by atoms with van der Waals surface area (Å²) in [5.41, 5.74) is 1.25. The summed E-state index contributed by atoms with van der Waals surface area (Å²) in [4.78, 5) is 12.3. The third kappa shape index (κ3) is 3.69. The molecule has 0 atom stereocenters. The van der Waals surface area contributed by atoms with Gasteiger partial charge in [-0.15, -0.1) is 0 Å². The monoisotopic (exact) mass is 315 g/mol. The number of sulfonamides is 1. The van der Waals surface area contributed by atoms with E-state index < -0.39 is 10.0 Å². The number of hydrogen-bond acceptors (Lipinski definition) is 3. The Morgan fingerprint density at radius 3 is 2.32 bits per heavy atom. The lowest BCUT2D eigenvalue weighted by Gasteiger charge is -2.11. The minimum absolute atomic E-state index is 0.108. The van der Waals surface area contributed by atoms with Gasteiger partial charge in [0.05, 0.1) is 4.90 Å². The third-order valence-corrected chi connectivity index (χ3v) is 4.93. The van der Waals surface area contributed by atoms with Crippen molar-refractivity contribution in [1.29, 1.82) is 0 Å². The summed E-state index contributed by atoms with van der Waals surface area (Å²) in [6.45, 7) is 0. The van der Waals surface area contributed by atoms with Crippen molar-refractivity contribution in [3.05, 3.63) is 71.8 Å². The number of ketones is 1. The van der Waals surface area contributed by atoms with Crippen molar-refractivity contribution < 1.29 is 13.2 Å². The van der Waals surface area contributed by atoms with Crippen LogP contribution in [0.3, 0.4) is 0 Å². The summed E-state index contributed by atoms with van der Waals surface area (Å²) in [5, 5.41) is 0. The van der Waals surface area contributed by atoms with E-state index >= 15 is 0 Å². The number of carbonyl (C=O) groups is 1. The lowest BCUT2D eigenvalue weighted by Crippen LogP contribution is -2.22. The zero-order chi connectivity index (χ0) is 16.2. The summed E-state index contributed by atoms with van der Waals surface area (Å²) in [6.07, 6.45) is 3.15. The van der Waals surface area contributed by atoms with Crippen molar-refractivity contribution in [2.24, 2.45) is 0 Å². The fourth-order valence-electron chi connectivity index (χ4n) is 1.85. The molecule has 0 heterocycles. The van der Waals surface area contributed by atoms with Gasteiger partial charge in [-0.05, 0) is 23.8 Å². The van der Waals surface area contributed by atoms with Crippen molar-refractivity contribution in [3.8, 4) is 0 Å². The first-order chi connectivity index (χ1) is 10.4. The fraction of sp³-hybridized carbons (Fsp3) is 0.118. The minimum atomic E-state index is -3.54. The van der Waals surface area contributed by atoms with Crippen LogP contribution in [0.25, 0.3) is 6.08 Å².